The molecule has 1 aliphatic heterocycles. The monoisotopic (exact) mass is 438 g/mol. The lowest BCUT2D eigenvalue weighted by Crippen LogP contribution is -2.33. The highest BCUT2D eigenvalue weighted by Crippen LogP contribution is 2.32. The van der Waals surface area contributed by atoms with E-state index in [4.69, 9.17) is 9.97 Å². The number of aryl methyl sites for hydroxylation is 1. The van der Waals surface area contributed by atoms with E-state index in [1.54, 1.807) is 6.33 Å². The molecule has 0 radical (unpaired) electrons. The maximum absolute atomic E-state index is 4.93. The van der Waals surface area contributed by atoms with Crippen LogP contribution >= 0.6 is 0 Å². The molecule has 1 saturated heterocycles. The van der Waals surface area contributed by atoms with Gasteiger partial charge in [0.2, 0.25) is 0 Å². The zero-order chi connectivity index (χ0) is 22.8. The van der Waals surface area contributed by atoms with Crippen LogP contribution in [0.1, 0.15) is 35.7 Å². The number of hydrogen-bond donors (Lipinski definition) is 0. The van der Waals surface area contributed by atoms with Gasteiger partial charge in [-0.1, -0.05) is 18.2 Å². The Morgan fingerprint density at radius 2 is 1.70 bits per heavy atom. The molecule has 168 valence electrons. The largest absolute Gasteiger partial charge is 0.362 e. The van der Waals surface area contributed by atoms with Gasteiger partial charge in [0.05, 0.1) is 5.52 Å². The zero-order valence-corrected chi connectivity index (χ0v) is 19.6. The average molecular weight is 439 g/mol. The summed E-state index contributed by atoms with van der Waals surface area (Å²) in [7, 11) is 4.15. The van der Waals surface area contributed by atoms with Gasteiger partial charge in [-0.2, -0.15) is 0 Å². The molecule has 4 aromatic rings. The zero-order valence-electron chi connectivity index (χ0n) is 19.6. The van der Waals surface area contributed by atoms with Gasteiger partial charge in [-0.15, -0.1) is 0 Å². The number of hydrogen-bond acceptors (Lipinski definition) is 6. The Morgan fingerprint density at radius 3 is 2.45 bits per heavy atom. The van der Waals surface area contributed by atoms with E-state index in [0.29, 0.717) is 5.92 Å². The Bertz CT molecular complexity index is 1250. The summed E-state index contributed by atoms with van der Waals surface area (Å²) >= 11 is 0. The number of benzene rings is 1. The molecule has 33 heavy (non-hydrogen) atoms. The fourth-order valence-corrected chi connectivity index (χ4v) is 4.80. The van der Waals surface area contributed by atoms with Crippen LogP contribution in [0, 0.1) is 6.92 Å². The normalized spacial score (nSPS) is 15.1. The van der Waals surface area contributed by atoms with Crippen molar-refractivity contribution in [1.29, 1.82) is 0 Å². The molecular weight excluding hydrogens is 408 g/mol. The van der Waals surface area contributed by atoms with Gasteiger partial charge >= 0.3 is 0 Å². The van der Waals surface area contributed by atoms with Crippen LogP contribution < -0.4 is 4.90 Å². The number of fused-ring (bicyclic) bond motifs is 1. The number of pyridine rings is 2. The van der Waals surface area contributed by atoms with E-state index in [-0.39, 0.29) is 0 Å². The molecule has 0 unspecified atom stereocenters. The number of rotatable bonds is 5. The number of piperidine rings is 1. The van der Waals surface area contributed by atoms with E-state index in [9.17, 15) is 0 Å². The van der Waals surface area contributed by atoms with Crippen molar-refractivity contribution in [2.45, 2.75) is 32.2 Å². The first-order valence-electron chi connectivity index (χ1n) is 11.6. The lowest BCUT2D eigenvalue weighted by Gasteiger charge is -2.32. The summed E-state index contributed by atoms with van der Waals surface area (Å²) in [6.07, 6.45) is 7.53. The first kappa shape index (κ1) is 21.5. The summed E-state index contributed by atoms with van der Waals surface area (Å²) in [4.78, 5) is 22.8. The van der Waals surface area contributed by atoms with Crippen molar-refractivity contribution in [2.24, 2.45) is 0 Å². The molecule has 0 N–H and O–H groups in total. The lowest BCUT2D eigenvalue weighted by molar-refractivity contribution is 0.203. The second-order valence-electron chi connectivity index (χ2n) is 9.16. The standard InChI is InChI=1S/C27H30N6/c1-19-12-22(24-15-28-18-29-16-24)14-26(30-19)20-8-10-33(11-9-20)17-23-13-21-6-4-5-7-25(21)31-27(23)32(2)3/h4-7,12-16,18,20H,8-11,17H2,1-3H3. The Kier molecular flexibility index (Phi) is 6.01. The van der Waals surface area contributed by atoms with Gasteiger partial charge in [0, 0.05) is 66.9 Å². The smallest absolute Gasteiger partial charge is 0.133 e. The van der Waals surface area contributed by atoms with Gasteiger partial charge in [0.15, 0.2) is 0 Å². The van der Waals surface area contributed by atoms with Crippen LogP contribution in [0.3, 0.4) is 0 Å². The molecular formula is C27H30N6. The Morgan fingerprint density at radius 1 is 0.939 bits per heavy atom. The lowest BCUT2D eigenvalue weighted by atomic mass is 9.91. The first-order valence-corrected chi connectivity index (χ1v) is 11.6. The van der Waals surface area contributed by atoms with E-state index in [0.717, 1.165) is 60.6 Å². The maximum atomic E-state index is 4.93. The molecule has 3 aromatic heterocycles. The van der Waals surface area contributed by atoms with Crippen LogP contribution in [0.5, 0.6) is 0 Å². The van der Waals surface area contributed by atoms with E-state index >= 15 is 0 Å². The van der Waals surface area contributed by atoms with Crippen molar-refractivity contribution in [3.05, 3.63) is 78.1 Å². The summed E-state index contributed by atoms with van der Waals surface area (Å²) < 4.78 is 0. The fraction of sp³-hybridized carbons (Fsp3) is 0.333. The third-order valence-corrected chi connectivity index (χ3v) is 6.47. The first-order chi connectivity index (χ1) is 16.1. The average Bonchev–Trinajstić information content (AvgIpc) is 2.84. The van der Waals surface area contributed by atoms with Crippen molar-refractivity contribution in [3.63, 3.8) is 0 Å². The molecule has 0 amide bonds. The molecule has 0 spiro atoms. The topological polar surface area (TPSA) is 58.0 Å². The summed E-state index contributed by atoms with van der Waals surface area (Å²) in [6, 6.07) is 15.0. The molecule has 1 aliphatic rings. The number of para-hydroxylation sites is 1. The molecule has 4 heterocycles. The highest BCUT2D eigenvalue weighted by atomic mass is 15.2. The number of anilines is 1. The Hall–Kier alpha value is -3.38. The molecule has 6 heteroatoms. The van der Waals surface area contributed by atoms with E-state index in [1.165, 1.54) is 16.6 Å². The van der Waals surface area contributed by atoms with Gasteiger partial charge in [-0.25, -0.2) is 15.0 Å². The highest BCUT2D eigenvalue weighted by molar-refractivity contribution is 5.81. The Labute approximate surface area is 195 Å². The molecule has 0 bridgehead atoms. The Balaban J connectivity index is 1.31. The predicted octanol–water partition coefficient (Wildman–Crippen LogP) is 4.84. The van der Waals surface area contributed by atoms with Gasteiger partial charge in [0.25, 0.3) is 0 Å². The quantitative estimate of drug-likeness (QED) is 0.444. The van der Waals surface area contributed by atoms with E-state index < -0.39 is 0 Å². The van der Waals surface area contributed by atoms with Crippen LogP contribution in [-0.2, 0) is 6.54 Å². The molecule has 0 atom stereocenters. The van der Waals surface area contributed by atoms with Crippen molar-refractivity contribution in [3.8, 4) is 11.1 Å². The molecule has 5 rings (SSSR count). The molecule has 0 saturated carbocycles. The van der Waals surface area contributed by atoms with E-state index in [1.807, 2.05) is 12.4 Å². The summed E-state index contributed by atoms with van der Waals surface area (Å²) in [5.41, 5.74) is 6.77. The van der Waals surface area contributed by atoms with Crippen molar-refractivity contribution < 1.29 is 0 Å². The van der Waals surface area contributed by atoms with Crippen molar-refractivity contribution in [2.75, 3.05) is 32.1 Å². The van der Waals surface area contributed by atoms with Gasteiger partial charge in [0.1, 0.15) is 12.1 Å². The number of nitrogens with zero attached hydrogens (tertiary/aromatic N) is 6. The van der Waals surface area contributed by atoms with Gasteiger partial charge in [-0.05, 0) is 62.7 Å². The second kappa shape index (κ2) is 9.24. The number of aromatic nitrogens is 4. The summed E-state index contributed by atoms with van der Waals surface area (Å²) in [5.74, 6) is 1.54. The minimum Gasteiger partial charge on any atom is -0.362 e. The van der Waals surface area contributed by atoms with Crippen LogP contribution in [0.2, 0.25) is 0 Å². The van der Waals surface area contributed by atoms with Gasteiger partial charge in [-0.3, -0.25) is 9.88 Å². The highest BCUT2D eigenvalue weighted by Gasteiger charge is 2.23. The van der Waals surface area contributed by atoms with Crippen LogP contribution in [-0.4, -0.2) is 52.0 Å². The van der Waals surface area contributed by atoms with Crippen LogP contribution in [0.25, 0.3) is 22.0 Å². The summed E-state index contributed by atoms with van der Waals surface area (Å²) in [6.45, 7) is 5.11. The van der Waals surface area contributed by atoms with Crippen molar-refractivity contribution in [1.82, 2.24) is 24.8 Å². The predicted molar refractivity (Wildman–Crippen MR) is 133 cm³/mol. The molecule has 1 fully saturated rings. The van der Waals surface area contributed by atoms with Gasteiger partial charge < -0.3 is 4.90 Å². The number of likely N-dealkylation sites (tertiary alicyclic amines) is 1. The minimum absolute atomic E-state index is 0.479. The molecule has 1 aromatic carbocycles. The minimum atomic E-state index is 0.479. The maximum Gasteiger partial charge on any atom is 0.133 e. The van der Waals surface area contributed by atoms with Crippen LogP contribution in [0.15, 0.2) is 61.2 Å². The van der Waals surface area contributed by atoms with E-state index in [2.05, 4.69) is 83.3 Å². The third kappa shape index (κ3) is 4.71. The van der Waals surface area contributed by atoms with Crippen molar-refractivity contribution >= 4 is 16.7 Å². The third-order valence-electron chi connectivity index (χ3n) is 6.47. The molecule has 0 aliphatic carbocycles. The summed E-state index contributed by atoms with van der Waals surface area (Å²) in [5, 5.41) is 1.20. The van der Waals surface area contributed by atoms with Crippen LogP contribution in [0.4, 0.5) is 5.82 Å². The second-order valence-corrected chi connectivity index (χ2v) is 9.16. The molecule has 6 nitrogen and oxygen atoms in total. The fourth-order valence-electron chi connectivity index (χ4n) is 4.80. The SMILES string of the molecule is Cc1cc(-c2cncnc2)cc(C2CCN(Cc3cc4ccccc4nc3N(C)C)CC2)n1.